The SMILES string of the molecule is COc1ccccc1C(c1ccccc1OC)N1CCC(C(=O)O)CC1. The van der Waals surface area contributed by atoms with Gasteiger partial charge in [-0.25, -0.2) is 0 Å². The number of para-hydroxylation sites is 2. The molecule has 0 aromatic heterocycles. The summed E-state index contributed by atoms with van der Waals surface area (Å²) in [6.07, 6.45) is 1.30. The van der Waals surface area contributed by atoms with Gasteiger partial charge in [0.05, 0.1) is 26.2 Å². The van der Waals surface area contributed by atoms with E-state index in [0.29, 0.717) is 12.8 Å². The van der Waals surface area contributed by atoms with Gasteiger partial charge in [-0.1, -0.05) is 36.4 Å². The summed E-state index contributed by atoms with van der Waals surface area (Å²) in [6.45, 7) is 1.44. The zero-order valence-electron chi connectivity index (χ0n) is 15.2. The van der Waals surface area contributed by atoms with Crippen LogP contribution < -0.4 is 9.47 Å². The molecule has 0 radical (unpaired) electrons. The van der Waals surface area contributed by atoms with Crippen molar-refractivity contribution in [3.8, 4) is 11.5 Å². The molecular formula is C21H25NO4. The van der Waals surface area contributed by atoms with E-state index < -0.39 is 5.97 Å². The molecule has 0 spiro atoms. The number of nitrogens with zero attached hydrogens (tertiary/aromatic N) is 1. The summed E-state index contributed by atoms with van der Waals surface area (Å²) in [7, 11) is 3.35. The number of hydrogen-bond donors (Lipinski definition) is 1. The lowest BCUT2D eigenvalue weighted by molar-refractivity contribution is -0.143. The summed E-state index contributed by atoms with van der Waals surface area (Å²) in [4.78, 5) is 13.6. The average Bonchev–Trinajstić information content (AvgIpc) is 2.69. The Labute approximate surface area is 154 Å². The Hall–Kier alpha value is -2.53. The minimum atomic E-state index is -0.698. The maximum absolute atomic E-state index is 11.3. The van der Waals surface area contributed by atoms with Crippen molar-refractivity contribution in [3.63, 3.8) is 0 Å². The second-order valence-corrected chi connectivity index (χ2v) is 6.53. The quantitative estimate of drug-likeness (QED) is 0.858. The molecule has 0 atom stereocenters. The molecule has 1 fully saturated rings. The Bertz CT molecular complexity index is 706. The van der Waals surface area contributed by atoms with E-state index in [-0.39, 0.29) is 12.0 Å². The second kappa shape index (κ2) is 8.23. The highest BCUT2D eigenvalue weighted by atomic mass is 16.5. The Kier molecular flexibility index (Phi) is 5.78. The minimum Gasteiger partial charge on any atom is -0.496 e. The summed E-state index contributed by atoms with van der Waals surface area (Å²) in [6, 6.07) is 15.9. The van der Waals surface area contributed by atoms with Gasteiger partial charge in [0.2, 0.25) is 0 Å². The molecule has 0 saturated carbocycles. The van der Waals surface area contributed by atoms with Gasteiger partial charge >= 0.3 is 5.97 Å². The Balaban J connectivity index is 2.01. The van der Waals surface area contributed by atoms with Crippen molar-refractivity contribution < 1.29 is 19.4 Å². The molecule has 138 valence electrons. The Morgan fingerprint density at radius 2 is 1.42 bits per heavy atom. The number of rotatable bonds is 6. The highest BCUT2D eigenvalue weighted by Crippen LogP contribution is 2.40. The number of piperidine rings is 1. The summed E-state index contributed by atoms with van der Waals surface area (Å²) in [5.41, 5.74) is 2.13. The van der Waals surface area contributed by atoms with Crippen LogP contribution in [0.15, 0.2) is 48.5 Å². The van der Waals surface area contributed by atoms with E-state index in [4.69, 9.17) is 9.47 Å². The molecule has 0 amide bonds. The van der Waals surface area contributed by atoms with Crippen molar-refractivity contribution in [2.24, 2.45) is 5.92 Å². The molecular weight excluding hydrogens is 330 g/mol. The van der Waals surface area contributed by atoms with Crippen LogP contribution >= 0.6 is 0 Å². The Morgan fingerprint density at radius 1 is 0.962 bits per heavy atom. The predicted octanol–water partition coefficient (Wildman–Crippen LogP) is 3.59. The van der Waals surface area contributed by atoms with Gasteiger partial charge < -0.3 is 14.6 Å². The third kappa shape index (κ3) is 3.68. The minimum absolute atomic E-state index is 0.0444. The van der Waals surface area contributed by atoms with Gasteiger partial charge in [0.1, 0.15) is 11.5 Å². The average molecular weight is 355 g/mol. The molecule has 0 unspecified atom stereocenters. The van der Waals surface area contributed by atoms with E-state index in [1.165, 1.54) is 0 Å². The van der Waals surface area contributed by atoms with Crippen LogP contribution in [0.2, 0.25) is 0 Å². The normalized spacial score (nSPS) is 15.8. The number of methoxy groups -OCH3 is 2. The lowest BCUT2D eigenvalue weighted by atomic mass is 9.90. The first kappa shape index (κ1) is 18.3. The number of hydrogen-bond acceptors (Lipinski definition) is 4. The van der Waals surface area contributed by atoms with Crippen molar-refractivity contribution in [1.82, 2.24) is 4.90 Å². The fourth-order valence-corrected chi connectivity index (χ4v) is 3.75. The molecule has 2 aromatic carbocycles. The van der Waals surface area contributed by atoms with Crippen LogP contribution in [0.4, 0.5) is 0 Å². The van der Waals surface area contributed by atoms with Crippen molar-refractivity contribution in [2.75, 3.05) is 27.3 Å². The maximum Gasteiger partial charge on any atom is 0.306 e. The molecule has 1 saturated heterocycles. The Morgan fingerprint density at radius 3 is 1.85 bits per heavy atom. The van der Waals surface area contributed by atoms with Crippen LogP contribution in [0, 0.1) is 5.92 Å². The van der Waals surface area contributed by atoms with Gasteiger partial charge in [0.15, 0.2) is 0 Å². The molecule has 1 aliphatic heterocycles. The number of likely N-dealkylation sites (tertiary alicyclic amines) is 1. The molecule has 1 heterocycles. The molecule has 26 heavy (non-hydrogen) atoms. The molecule has 1 N–H and O–H groups in total. The predicted molar refractivity (Wildman–Crippen MR) is 99.8 cm³/mol. The lowest BCUT2D eigenvalue weighted by Gasteiger charge is -2.38. The highest BCUT2D eigenvalue weighted by molar-refractivity contribution is 5.70. The molecule has 3 rings (SSSR count). The van der Waals surface area contributed by atoms with Gasteiger partial charge in [0, 0.05) is 11.1 Å². The second-order valence-electron chi connectivity index (χ2n) is 6.53. The standard InChI is InChI=1S/C21H25NO4/c1-25-18-9-5-3-7-16(18)20(17-8-4-6-10-19(17)26-2)22-13-11-15(12-14-22)21(23)24/h3-10,15,20H,11-14H2,1-2H3,(H,23,24). The fourth-order valence-electron chi connectivity index (χ4n) is 3.75. The number of ether oxygens (including phenoxy) is 2. The van der Waals surface area contributed by atoms with Crippen molar-refractivity contribution in [2.45, 2.75) is 18.9 Å². The van der Waals surface area contributed by atoms with Gasteiger partial charge in [-0.05, 0) is 38.1 Å². The zero-order chi connectivity index (χ0) is 18.5. The number of aliphatic carboxylic acids is 1. The molecule has 0 bridgehead atoms. The van der Waals surface area contributed by atoms with E-state index in [2.05, 4.69) is 17.0 Å². The first-order valence-electron chi connectivity index (χ1n) is 8.88. The third-order valence-corrected chi connectivity index (χ3v) is 5.11. The first-order chi connectivity index (χ1) is 12.7. The van der Waals surface area contributed by atoms with E-state index >= 15 is 0 Å². The number of carboxylic acids is 1. The summed E-state index contributed by atoms with van der Waals surface area (Å²) in [5.74, 6) is 0.686. The van der Waals surface area contributed by atoms with Crippen LogP contribution in [0.25, 0.3) is 0 Å². The molecule has 5 heteroatoms. The van der Waals surface area contributed by atoms with Gasteiger partial charge in [-0.2, -0.15) is 0 Å². The topological polar surface area (TPSA) is 59.0 Å². The van der Waals surface area contributed by atoms with E-state index in [1.54, 1.807) is 14.2 Å². The number of carbonyl (C=O) groups is 1. The van der Waals surface area contributed by atoms with Gasteiger partial charge in [-0.15, -0.1) is 0 Å². The van der Waals surface area contributed by atoms with Crippen LogP contribution in [0.1, 0.15) is 30.0 Å². The molecule has 0 aliphatic carbocycles. The third-order valence-electron chi connectivity index (χ3n) is 5.11. The van der Waals surface area contributed by atoms with Crippen LogP contribution in [0.5, 0.6) is 11.5 Å². The van der Waals surface area contributed by atoms with E-state index in [9.17, 15) is 9.90 Å². The highest BCUT2D eigenvalue weighted by Gasteiger charge is 2.32. The lowest BCUT2D eigenvalue weighted by Crippen LogP contribution is -2.39. The summed E-state index contributed by atoms with van der Waals surface area (Å²) < 4.78 is 11.2. The van der Waals surface area contributed by atoms with Gasteiger partial charge in [-0.3, -0.25) is 9.69 Å². The van der Waals surface area contributed by atoms with Crippen LogP contribution in [0.3, 0.4) is 0 Å². The smallest absolute Gasteiger partial charge is 0.306 e. The zero-order valence-corrected chi connectivity index (χ0v) is 15.2. The van der Waals surface area contributed by atoms with E-state index in [1.807, 2.05) is 36.4 Å². The van der Waals surface area contributed by atoms with Gasteiger partial charge in [0.25, 0.3) is 0 Å². The summed E-state index contributed by atoms with van der Waals surface area (Å²) in [5, 5.41) is 9.30. The largest absolute Gasteiger partial charge is 0.496 e. The van der Waals surface area contributed by atoms with Crippen LogP contribution in [-0.4, -0.2) is 43.3 Å². The number of benzene rings is 2. The molecule has 5 nitrogen and oxygen atoms in total. The first-order valence-corrected chi connectivity index (χ1v) is 8.88. The van der Waals surface area contributed by atoms with E-state index in [0.717, 1.165) is 35.7 Å². The van der Waals surface area contributed by atoms with Crippen molar-refractivity contribution in [3.05, 3.63) is 59.7 Å². The molecule has 1 aliphatic rings. The van der Waals surface area contributed by atoms with Crippen molar-refractivity contribution >= 4 is 5.97 Å². The van der Waals surface area contributed by atoms with Crippen molar-refractivity contribution in [1.29, 1.82) is 0 Å². The fraction of sp³-hybridized carbons (Fsp3) is 0.381. The monoisotopic (exact) mass is 355 g/mol. The maximum atomic E-state index is 11.3. The number of carboxylic acid groups (broad SMARTS) is 1. The van der Waals surface area contributed by atoms with Crippen LogP contribution in [-0.2, 0) is 4.79 Å². The summed E-state index contributed by atoms with van der Waals surface area (Å²) >= 11 is 0. The molecule has 2 aromatic rings.